The quantitative estimate of drug-likeness (QED) is 0.0384. The second-order valence-corrected chi connectivity index (χ2v) is 15.4. The van der Waals surface area contributed by atoms with Crippen molar-refractivity contribution in [1.82, 2.24) is 16.0 Å². The number of epoxide rings is 1. The number of nitrogens with one attached hydrogen (secondary N) is 3. The molecule has 4 aliphatic rings. The number of ether oxygens (including phenoxy) is 2. The van der Waals surface area contributed by atoms with E-state index in [2.05, 4.69) is 48.6 Å². The Labute approximate surface area is 288 Å². The average molecular weight is 673 g/mol. The molecule has 4 rings (SSSR count). The number of fused-ring (bicyclic) bond motifs is 2. The van der Waals surface area contributed by atoms with E-state index < -0.39 is 29.0 Å². The van der Waals surface area contributed by atoms with Crippen LogP contribution in [0.25, 0.3) is 0 Å². The number of rotatable bonds is 17. The first kappa shape index (κ1) is 38.5. The minimum Gasteiger partial charge on any atom is -0.463 e. The van der Waals surface area contributed by atoms with Crippen LogP contribution in [0.15, 0.2) is 16.6 Å². The maximum absolute atomic E-state index is 14.6. The van der Waals surface area contributed by atoms with E-state index in [4.69, 9.17) is 20.9 Å². The molecule has 2 saturated carbocycles. The number of piperidine rings is 1. The smallest absolute Gasteiger partial charge is 0.350 e. The molecule has 272 valence electrons. The minimum absolute atomic E-state index is 0.00886. The van der Waals surface area contributed by atoms with Crippen molar-refractivity contribution in [3.63, 3.8) is 0 Å². The van der Waals surface area contributed by atoms with Crippen LogP contribution in [0.2, 0.25) is 0 Å². The molecule has 7 N–H and O–H groups in total. The number of carbonyl (C=O) groups is 3. The summed E-state index contributed by atoms with van der Waals surface area (Å²) >= 11 is 0. The molecule has 2 aliphatic heterocycles. The summed E-state index contributed by atoms with van der Waals surface area (Å²) in [5.74, 6) is -0.753. The van der Waals surface area contributed by atoms with Crippen LogP contribution in [0, 0.1) is 35.5 Å². The van der Waals surface area contributed by atoms with Gasteiger partial charge in [0.2, 0.25) is 0 Å². The number of hydrogen-bond donors (Lipinski definition) is 5. The van der Waals surface area contributed by atoms with Crippen LogP contribution in [0.3, 0.4) is 0 Å². The molecule has 0 aromatic heterocycles. The van der Waals surface area contributed by atoms with Gasteiger partial charge in [0, 0.05) is 43.8 Å². The van der Waals surface area contributed by atoms with Crippen LogP contribution >= 0.6 is 0 Å². The van der Waals surface area contributed by atoms with Crippen molar-refractivity contribution >= 4 is 23.5 Å². The summed E-state index contributed by atoms with van der Waals surface area (Å²) < 4.78 is 12.3. The maximum Gasteiger partial charge on any atom is 0.350 e. The van der Waals surface area contributed by atoms with E-state index in [1.165, 1.54) is 0 Å². The second-order valence-electron chi connectivity index (χ2n) is 15.4. The normalized spacial score (nSPS) is 33.5. The van der Waals surface area contributed by atoms with E-state index in [0.29, 0.717) is 24.7 Å². The van der Waals surface area contributed by atoms with Gasteiger partial charge in [-0.2, -0.15) is 0 Å². The lowest BCUT2D eigenvalue weighted by atomic mass is 9.57. The molecule has 11 heteroatoms. The van der Waals surface area contributed by atoms with Crippen LogP contribution in [0.4, 0.5) is 0 Å². The SMILES string of the molecule is CCCCC(CNCC)COC(=O)C12OC1(CC=C(C)CC(NC(N)=NC)C1CCNC(N)C1)C(=O)C1CCCC(CC(C)C)C1C2=O. The molecule has 4 fully saturated rings. The molecular formula is C37H64N6O5. The number of esters is 1. The highest BCUT2D eigenvalue weighted by atomic mass is 16.7. The highest BCUT2D eigenvalue weighted by molar-refractivity contribution is 6.23. The van der Waals surface area contributed by atoms with Crippen LogP contribution in [0.1, 0.15) is 105 Å². The summed E-state index contributed by atoms with van der Waals surface area (Å²) in [5, 5.41) is 10.0. The van der Waals surface area contributed by atoms with Crippen LogP contribution in [-0.4, -0.2) is 80.2 Å². The Kier molecular flexibility index (Phi) is 13.7. The van der Waals surface area contributed by atoms with Crippen molar-refractivity contribution in [3.8, 4) is 0 Å². The Bertz CT molecular complexity index is 1180. The second kappa shape index (κ2) is 17.1. The molecule has 0 aromatic rings. The Morgan fingerprint density at radius 2 is 1.98 bits per heavy atom. The number of guanidine groups is 1. The molecule has 9 atom stereocenters. The zero-order valence-electron chi connectivity index (χ0n) is 30.4. The monoisotopic (exact) mass is 672 g/mol. The first-order valence-corrected chi connectivity index (χ1v) is 18.7. The summed E-state index contributed by atoms with van der Waals surface area (Å²) in [4.78, 5) is 47.5. The van der Waals surface area contributed by atoms with Gasteiger partial charge in [-0.05, 0) is 82.7 Å². The van der Waals surface area contributed by atoms with Gasteiger partial charge in [0.25, 0.3) is 5.60 Å². The van der Waals surface area contributed by atoms with Gasteiger partial charge < -0.3 is 36.9 Å². The first-order chi connectivity index (χ1) is 22.9. The van der Waals surface area contributed by atoms with Crippen molar-refractivity contribution in [2.24, 2.45) is 52.0 Å². The van der Waals surface area contributed by atoms with Crippen LogP contribution in [0.5, 0.6) is 0 Å². The molecule has 0 amide bonds. The third kappa shape index (κ3) is 8.33. The van der Waals surface area contributed by atoms with Crippen molar-refractivity contribution in [2.45, 2.75) is 129 Å². The number of Topliss-reactive ketones (excluding diaryl/α,β-unsaturated/α-hetero) is 2. The first-order valence-electron chi connectivity index (χ1n) is 18.7. The van der Waals surface area contributed by atoms with Gasteiger partial charge in [-0.25, -0.2) is 4.79 Å². The van der Waals surface area contributed by atoms with Crippen LogP contribution in [-0.2, 0) is 23.9 Å². The number of aliphatic imine (C=N–C) groups is 1. The van der Waals surface area contributed by atoms with E-state index >= 15 is 0 Å². The van der Waals surface area contributed by atoms with E-state index in [1.54, 1.807) is 7.05 Å². The molecule has 2 aliphatic carbocycles. The molecule has 9 unspecified atom stereocenters. The Hall–Kier alpha value is -2.34. The number of hydrogen-bond acceptors (Lipinski definition) is 9. The van der Waals surface area contributed by atoms with E-state index in [1.807, 2.05) is 13.0 Å². The highest BCUT2D eigenvalue weighted by Gasteiger charge is 2.87. The molecular weight excluding hydrogens is 608 g/mol. The van der Waals surface area contributed by atoms with E-state index in [0.717, 1.165) is 76.6 Å². The fourth-order valence-corrected chi connectivity index (χ4v) is 8.75. The Morgan fingerprint density at radius 3 is 2.65 bits per heavy atom. The highest BCUT2D eigenvalue weighted by Crippen LogP contribution is 2.62. The van der Waals surface area contributed by atoms with Crippen LogP contribution < -0.4 is 27.4 Å². The lowest BCUT2D eigenvalue weighted by molar-refractivity contribution is -0.161. The van der Waals surface area contributed by atoms with Crippen molar-refractivity contribution in [3.05, 3.63) is 11.6 Å². The molecule has 11 nitrogen and oxygen atoms in total. The summed E-state index contributed by atoms with van der Waals surface area (Å²) in [6, 6.07) is -0.00886. The summed E-state index contributed by atoms with van der Waals surface area (Å²) in [6.45, 7) is 13.1. The number of unbranched alkanes of at least 4 members (excludes halogenated alkanes) is 1. The molecule has 0 radical (unpaired) electrons. The van der Waals surface area contributed by atoms with Gasteiger partial charge in [-0.1, -0.05) is 58.6 Å². The van der Waals surface area contributed by atoms with Gasteiger partial charge in [0.05, 0.1) is 12.8 Å². The van der Waals surface area contributed by atoms with Gasteiger partial charge in [0.15, 0.2) is 23.1 Å². The number of nitrogens with zero attached hydrogens (tertiary/aromatic N) is 1. The molecule has 2 heterocycles. The predicted molar refractivity (Wildman–Crippen MR) is 189 cm³/mol. The molecule has 48 heavy (non-hydrogen) atoms. The average Bonchev–Trinajstić information content (AvgIpc) is 3.77. The largest absolute Gasteiger partial charge is 0.463 e. The Morgan fingerprint density at radius 1 is 1.21 bits per heavy atom. The van der Waals surface area contributed by atoms with Gasteiger partial charge in [-0.3, -0.25) is 14.6 Å². The Balaban J connectivity index is 1.61. The lowest BCUT2D eigenvalue weighted by Gasteiger charge is -2.42. The molecule has 0 bridgehead atoms. The van der Waals surface area contributed by atoms with Crippen molar-refractivity contribution < 1.29 is 23.9 Å². The molecule has 2 saturated heterocycles. The van der Waals surface area contributed by atoms with E-state index in [9.17, 15) is 14.4 Å². The van der Waals surface area contributed by atoms with Gasteiger partial charge in [-0.15, -0.1) is 0 Å². The maximum atomic E-state index is 14.6. The van der Waals surface area contributed by atoms with Gasteiger partial charge >= 0.3 is 5.97 Å². The van der Waals surface area contributed by atoms with E-state index in [-0.39, 0.29) is 54.6 Å². The van der Waals surface area contributed by atoms with Gasteiger partial charge in [0.1, 0.15) is 0 Å². The van der Waals surface area contributed by atoms with Crippen molar-refractivity contribution in [1.29, 1.82) is 0 Å². The summed E-state index contributed by atoms with van der Waals surface area (Å²) in [7, 11) is 1.65. The number of carbonyl (C=O) groups excluding carboxylic acids is 3. The number of nitrogens with two attached hydrogens (primary N) is 2. The van der Waals surface area contributed by atoms with Crippen molar-refractivity contribution in [2.75, 3.05) is 33.3 Å². The summed E-state index contributed by atoms with van der Waals surface area (Å²) in [6.07, 6.45) is 10.7. The fraction of sp³-hybridized carbons (Fsp3) is 0.838. The predicted octanol–water partition coefficient (Wildman–Crippen LogP) is 3.60. The molecule has 0 spiro atoms. The third-order valence-electron chi connectivity index (χ3n) is 11.3. The standard InChI is InChI=1S/C37H64N6O5/c1-7-9-11-25(21-41-8-2)22-47-34(46)37-33(45)31-27(18-23(3)4)12-10-13-28(31)32(44)36(37,48-37)16-14-24(5)19-29(43-35(39)40-6)26-15-17-42-30(38)20-26/h14,23,25-31,41-42H,7-13,15-22,38H2,1-6H3,(H3,39,40,43). The number of ketones is 2. The molecule has 0 aromatic carbocycles. The zero-order chi connectivity index (χ0) is 35.1. The minimum atomic E-state index is -1.87. The topological polar surface area (TPSA) is 173 Å². The lowest BCUT2D eigenvalue weighted by Crippen LogP contribution is -2.60. The third-order valence-corrected chi connectivity index (χ3v) is 11.3. The zero-order valence-corrected chi connectivity index (χ0v) is 30.4. The summed E-state index contributed by atoms with van der Waals surface area (Å²) in [5.41, 5.74) is 9.98. The fourth-order valence-electron chi connectivity index (χ4n) is 8.75.